The number of nitrogens with one attached hydrogen (secondary N) is 1. The smallest absolute Gasteiger partial charge is 0.248 e. The van der Waals surface area contributed by atoms with Crippen LogP contribution in [0, 0.1) is 11.8 Å². The zero-order chi connectivity index (χ0) is 26.7. The molecule has 8 rings (SSSR count). The number of halogens is 1. The largest absolute Gasteiger partial charge is 0.324 e. The van der Waals surface area contributed by atoms with Crippen molar-refractivity contribution >= 4 is 39.3 Å². The van der Waals surface area contributed by atoms with Crippen molar-refractivity contribution in [2.75, 3.05) is 5.32 Å². The van der Waals surface area contributed by atoms with Gasteiger partial charge in [0.25, 0.3) is 0 Å². The van der Waals surface area contributed by atoms with Gasteiger partial charge >= 0.3 is 0 Å². The highest BCUT2D eigenvalue weighted by molar-refractivity contribution is 9.10. The molecule has 2 bridgehead atoms. The molecular weight excluding hydrogens is 552 g/mol. The van der Waals surface area contributed by atoms with E-state index in [-0.39, 0.29) is 36.0 Å². The molecule has 0 aromatic heterocycles. The SMILES string of the molecule is O=C(Nc1ccc(Br)cc1)C(Cc1ccccc1)N1C(=O)C2C3c4ccccc4C(c4ccccc43)C2C1=O. The lowest BCUT2D eigenvalue weighted by Gasteiger charge is -2.45. The molecule has 0 saturated carbocycles. The van der Waals surface area contributed by atoms with Gasteiger partial charge in [-0.05, 0) is 52.1 Å². The minimum atomic E-state index is -0.965. The van der Waals surface area contributed by atoms with Crippen LogP contribution in [-0.2, 0) is 20.8 Å². The van der Waals surface area contributed by atoms with Crippen LogP contribution < -0.4 is 5.32 Å². The third kappa shape index (κ3) is 3.77. The first-order valence-electron chi connectivity index (χ1n) is 13.2. The lowest BCUT2D eigenvalue weighted by molar-refractivity contribution is -0.146. The Morgan fingerprint density at radius 2 is 1.15 bits per heavy atom. The van der Waals surface area contributed by atoms with Crippen LogP contribution in [0.15, 0.2) is 108 Å². The Hall–Kier alpha value is -4.03. The summed E-state index contributed by atoms with van der Waals surface area (Å²) < 4.78 is 0.893. The number of hydrogen-bond donors (Lipinski definition) is 1. The van der Waals surface area contributed by atoms with Crippen molar-refractivity contribution in [1.29, 1.82) is 0 Å². The van der Waals surface area contributed by atoms with Crippen molar-refractivity contribution in [3.63, 3.8) is 0 Å². The number of rotatable bonds is 5. The maximum atomic E-state index is 14.3. The standard InChI is InChI=1S/C33H25BrN2O3/c34-20-14-16-21(17-15-20)35-31(37)26(18-19-8-2-1-3-9-19)36-32(38)29-27-22-10-4-5-11-23(22)28(30(29)33(36)39)25-13-7-6-12-24(25)27/h1-17,26-30H,18H2,(H,35,37). The molecular formula is C33H25BrN2O3. The van der Waals surface area contributed by atoms with Gasteiger partial charge in [-0.1, -0.05) is 94.8 Å². The molecule has 4 aromatic rings. The molecule has 4 aromatic carbocycles. The van der Waals surface area contributed by atoms with Gasteiger partial charge in [0.1, 0.15) is 6.04 Å². The van der Waals surface area contributed by atoms with Crippen LogP contribution in [0.2, 0.25) is 0 Å². The highest BCUT2D eigenvalue weighted by Crippen LogP contribution is 2.61. The molecule has 3 amide bonds. The molecule has 1 saturated heterocycles. The Balaban J connectivity index is 1.31. The van der Waals surface area contributed by atoms with Crippen molar-refractivity contribution in [3.05, 3.63) is 135 Å². The van der Waals surface area contributed by atoms with E-state index in [4.69, 9.17) is 0 Å². The Bertz CT molecular complexity index is 1500. The topological polar surface area (TPSA) is 66.5 Å². The maximum Gasteiger partial charge on any atom is 0.248 e. The maximum absolute atomic E-state index is 14.3. The Kier molecular flexibility index (Phi) is 5.74. The fourth-order valence-corrected chi connectivity index (χ4v) is 7.17. The van der Waals surface area contributed by atoms with E-state index in [1.165, 1.54) is 4.90 Å². The quantitative estimate of drug-likeness (QED) is 0.301. The fourth-order valence-electron chi connectivity index (χ4n) is 6.90. The second kappa shape index (κ2) is 9.31. The summed E-state index contributed by atoms with van der Waals surface area (Å²) in [5, 5.41) is 2.96. The molecule has 0 radical (unpaired) electrons. The summed E-state index contributed by atoms with van der Waals surface area (Å²) in [5.41, 5.74) is 5.96. The fraction of sp³-hybridized carbons (Fsp3) is 0.182. The molecule has 1 fully saturated rings. The highest BCUT2D eigenvalue weighted by atomic mass is 79.9. The van der Waals surface area contributed by atoms with E-state index in [0.717, 1.165) is 32.3 Å². The highest BCUT2D eigenvalue weighted by Gasteiger charge is 2.63. The number of hydrogen-bond acceptors (Lipinski definition) is 3. The molecule has 6 heteroatoms. The van der Waals surface area contributed by atoms with Crippen molar-refractivity contribution < 1.29 is 14.4 Å². The van der Waals surface area contributed by atoms with Gasteiger partial charge in [0.2, 0.25) is 17.7 Å². The van der Waals surface area contributed by atoms with Gasteiger partial charge in [-0.2, -0.15) is 0 Å². The van der Waals surface area contributed by atoms with Crippen molar-refractivity contribution in [3.8, 4) is 0 Å². The summed E-state index contributed by atoms with van der Waals surface area (Å²) in [6.45, 7) is 0. The molecule has 3 atom stereocenters. The average Bonchev–Trinajstić information content (AvgIpc) is 3.23. The first kappa shape index (κ1) is 24.0. The molecule has 39 heavy (non-hydrogen) atoms. The summed E-state index contributed by atoms with van der Waals surface area (Å²) >= 11 is 3.42. The first-order chi connectivity index (χ1) is 19.0. The summed E-state index contributed by atoms with van der Waals surface area (Å²) in [5.74, 6) is -2.34. The van der Waals surface area contributed by atoms with Gasteiger partial charge in [0.05, 0.1) is 11.8 Å². The van der Waals surface area contributed by atoms with Crippen LogP contribution in [0.4, 0.5) is 5.69 Å². The number of carbonyl (C=O) groups is 3. The first-order valence-corrected chi connectivity index (χ1v) is 14.0. The Morgan fingerprint density at radius 1 is 0.692 bits per heavy atom. The van der Waals surface area contributed by atoms with E-state index in [9.17, 15) is 14.4 Å². The van der Waals surface area contributed by atoms with Crippen molar-refractivity contribution in [1.82, 2.24) is 4.90 Å². The number of imide groups is 1. The lowest BCUT2D eigenvalue weighted by Crippen LogP contribution is -2.49. The summed E-state index contributed by atoms with van der Waals surface area (Å²) in [7, 11) is 0. The zero-order valence-electron chi connectivity index (χ0n) is 21.0. The molecule has 5 nitrogen and oxygen atoms in total. The third-order valence-electron chi connectivity index (χ3n) is 8.48. The number of nitrogens with zero attached hydrogens (tertiary/aromatic N) is 1. The number of anilines is 1. The monoisotopic (exact) mass is 576 g/mol. The zero-order valence-corrected chi connectivity index (χ0v) is 22.5. The lowest BCUT2D eigenvalue weighted by atomic mass is 9.55. The van der Waals surface area contributed by atoms with Gasteiger partial charge in [-0.25, -0.2) is 0 Å². The van der Waals surface area contributed by atoms with Gasteiger partial charge in [-0.3, -0.25) is 19.3 Å². The molecule has 4 aliphatic rings. The number of amides is 3. The molecule has 0 spiro atoms. The molecule has 3 aliphatic carbocycles. The average molecular weight is 577 g/mol. The van der Waals surface area contributed by atoms with E-state index in [1.807, 2.05) is 66.7 Å². The molecule has 1 aliphatic heterocycles. The summed E-state index contributed by atoms with van der Waals surface area (Å²) in [4.78, 5) is 43.7. The van der Waals surface area contributed by atoms with E-state index < -0.39 is 17.9 Å². The summed E-state index contributed by atoms with van der Waals surface area (Å²) in [6.07, 6.45) is 0.245. The normalized spacial score (nSPS) is 23.2. The number of carbonyl (C=O) groups excluding carboxylic acids is 3. The molecule has 192 valence electrons. The minimum Gasteiger partial charge on any atom is -0.324 e. The van der Waals surface area contributed by atoms with Gasteiger partial charge in [0, 0.05) is 28.4 Å². The van der Waals surface area contributed by atoms with Crippen LogP contribution in [0.3, 0.4) is 0 Å². The van der Waals surface area contributed by atoms with E-state index in [1.54, 1.807) is 12.1 Å². The molecule has 1 heterocycles. The summed E-state index contributed by atoms with van der Waals surface area (Å²) in [6, 6.07) is 32.2. The molecule has 3 unspecified atom stereocenters. The second-order valence-electron chi connectivity index (χ2n) is 10.5. The Morgan fingerprint density at radius 3 is 1.64 bits per heavy atom. The van der Waals surface area contributed by atoms with E-state index in [2.05, 4.69) is 45.5 Å². The van der Waals surface area contributed by atoms with E-state index >= 15 is 0 Å². The predicted octanol–water partition coefficient (Wildman–Crippen LogP) is 5.89. The number of likely N-dealkylation sites (tertiary alicyclic amines) is 1. The van der Waals surface area contributed by atoms with Crippen LogP contribution in [0.25, 0.3) is 0 Å². The van der Waals surface area contributed by atoms with Gasteiger partial charge in [0.15, 0.2) is 0 Å². The van der Waals surface area contributed by atoms with Crippen LogP contribution in [-0.4, -0.2) is 28.7 Å². The van der Waals surface area contributed by atoms with Crippen molar-refractivity contribution in [2.24, 2.45) is 11.8 Å². The molecule has 1 N–H and O–H groups in total. The second-order valence-corrected chi connectivity index (χ2v) is 11.4. The van der Waals surface area contributed by atoms with Gasteiger partial charge < -0.3 is 5.32 Å². The third-order valence-corrected chi connectivity index (χ3v) is 9.01. The number of benzene rings is 4. The van der Waals surface area contributed by atoms with Crippen molar-refractivity contribution in [2.45, 2.75) is 24.3 Å². The minimum absolute atomic E-state index is 0.208. The van der Waals surface area contributed by atoms with Crippen LogP contribution in [0.5, 0.6) is 0 Å². The van der Waals surface area contributed by atoms with E-state index in [0.29, 0.717) is 5.69 Å². The van der Waals surface area contributed by atoms with Gasteiger partial charge in [-0.15, -0.1) is 0 Å². The van der Waals surface area contributed by atoms with Crippen LogP contribution in [0.1, 0.15) is 39.7 Å². The predicted molar refractivity (Wildman–Crippen MR) is 152 cm³/mol. The van der Waals surface area contributed by atoms with Crippen LogP contribution >= 0.6 is 15.9 Å². The Labute approximate surface area is 235 Å².